The van der Waals surface area contributed by atoms with Crippen molar-refractivity contribution in [3.05, 3.63) is 81.2 Å². The van der Waals surface area contributed by atoms with Gasteiger partial charge in [-0.2, -0.15) is 0 Å². The van der Waals surface area contributed by atoms with Crippen molar-refractivity contribution in [1.29, 1.82) is 0 Å². The van der Waals surface area contributed by atoms with E-state index in [0.29, 0.717) is 17.0 Å². The number of fused-ring (bicyclic) bond motifs is 1. The van der Waals surface area contributed by atoms with E-state index >= 15 is 0 Å². The lowest BCUT2D eigenvalue weighted by atomic mass is 10.1. The van der Waals surface area contributed by atoms with Crippen LogP contribution in [0.25, 0.3) is 10.8 Å². The van der Waals surface area contributed by atoms with Gasteiger partial charge in [0.15, 0.2) is 0 Å². The molecule has 3 rings (SSSR count). The smallest absolute Gasteiger partial charge is 0.260 e. The highest BCUT2D eigenvalue weighted by atomic mass is 35.5. The lowest BCUT2D eigenvalue weighted by molar-refractivity contribution is 0.715. The molecule has 0 atom stereocenters. The number of halogens is 1. The Balaban J connectivity index is 2.23. The van der Waals surface area contributed by atoms with Gasteiger partial charge in [-0.05, 0) is 29.5 Å². The Morgan fingerprint density at radius 2 is 1.81 bits per heavy atom. The zero-order valence-corrected chi connectivity index (χ0v) is 12.6. The molecule has 1 aromatic heterocycles. The number of hydrogen-bond acceptors (Lipinski definition) is 1. The SMILES string of the molecule is CCc1cc2cccc(Cl)c2c(=O)n1Cc1ccccc1. The largest absolute Gasteiger partial charge is 0.308 e. The van der Waals surface area contributed by atoms with E-state index in [1.165, 1.54) is 0 Å². The Kier molecular flexibility index (Phi) is 3.80. The first-order chi connectivity index (χ1) is 10.2. The number of benzene rings is 2. The van der Waals surface area contributed by atoms with Gasteiger partial charge >= 0.3 is 0 Å². The minimum Gasteiger partial charge on any atom is -0.308 e. The molecule has 0 aliphatic carbocycles. The summed E-state index contributed by atoms with van der Waals surface area (Å²) in [5.74, 6) is 0. The molecule has 1 heterocycles. The van der Waals surface area contributed by atoms with Gasteiger partial charge in [0.05, 0.1) is 17.0 Å². The third kappa shape index (κ3) is 2.59. The summed E-state index contributed by atoms with van der Waals surface area (Å²) in [5.41, 5.74) is 2.12. The van der Waals surface area contributed by atoms with Gasteiger partial charge in [0.2, 0.25) is 0 Å². The second kappa shape index (κ2) is 5.74. The first-order valence-corrected chi connectivity index (χ1v) is 7.43. The average Bonchev–Trinajstić information content (AvgIpc) is 2.51. The van der Waals surface area contributed by atoms with E-state index < -0.39 is 0 Å². The molecule has 2 nitrogen and oxygen atoms in total. The van der Waals surface area contributed by atoms with Crippen molar-refractivity contribution in [2.24, 2.45) is 0 Å². The molecule has 2 aromatic carbocycles. The lowest BCUT2D eigenvalue weighted by Crippen LogP contribution is -2.24. The van der Waals surface area contributed by atoms with E-state index in [1.807, 2.05) is 47.0 Å². The minimum atomic E-state index is -0.0150. The van der Waals surface area contributed by atoms with Crippen LogP contribution < -0.4 is 5.56 Å². The Morgan fingerprint density at radius 1 is 1.05 bits per heavy atom. The van der Waals surface area contributed by atoms with E-state index in [1.54, 1.807) is 6.07 Å². The van der Waals surface area contributed by atoms with Gasteiger partial charge in [-0.3, -0.25) is 4.79 Å². The Labute approximate surface area is 128 Å². The van der Waals surface area contributed by atoms with Crippen LogP contribution in [-0.2, 0) is 13.0 Å². The van der Waals surface area contributed by atoms with Crippen LogP contribution in [0.5, 0.6) is 0 Å². The van der Waals surface area contributed by atoms with E-state index in [2.05, 4.69) is 13.0 Å². The van der Waals surface area contributed by atoms with Crippen molar-refractivity contribution in [2.45, 2.75) is 19.9 Å². The molecule has 0 N–H and O–H groups in total. The summed E-state index contributed by atoms with van der Waals surface area (Å²) < 4.78 is 1.82. The standard InChI is InChI=1S/C18H16ClNO/c1-2-15-11-14-9-6-10-16(19)17(14)18(21)20(15)12-13-7-4-3-5-8-13/h3-11H,2,12H2,1H3. The molecule has 0 bridgehead atoms. The molecular formula is C18H16ClNO. The van der Waals surface area contributed by atoms with Crippen molar-refractivity contribution in [2.75, 3.05) is 0 Å². The third-order valence-corrected chi connectivity index (χ3v) is 4.03. The van der Waals surface area contributed by atoms with Gasteiger partial charge in [0, 0.05) is 5.69 Å². The fourth-order valence-electron chi connectivity index (χ4n) is 2.64. The molecule has 0 amide bonds. The summed E-state index contributed by atoms with van der Waals surface area (Å²) >= 11 is 6.22. The topological polar surface area (TPSA) is 22.0 Å². The van der Waals surface area contributed by atoms with Crippen LogP contribution in [-0.4, -0.2) is 4.57 Å². The van der Waals surface area contributed by atoms with Crippen molar-refractivity contribution >= 4 is 22.4 Å². The van der Waals surface area contributed by atoms with Gasteiger partial charge < -0.3 is 4.57 Å². The molecule has 0 aliphatic rings. The molecule has 0 saturated heterocycles. The molecule has 0 unspecified atom stereocenters. The summed E-state index contributed by atoms with van der Waals surface area (Å²) in [5, 5.41) is 2.03. The predicted molar refractivity (Wildman–Crippen MR) is 88.1 cm³/mol. The van der Waals surface area contributed by atoms with Crippen LogP contribution in [0.3, 0.4) is 0 Å². The van der Waals surface area contributed by atoms with E-state index in [9.17, 15) is 4.79 Å². The number of hydrogen-bond donors (Lipinski definition) is 0. The quantitative estimate of drug-likeness (QED) is 0.708. The summed E-state index contributed by atoms with van der Waals surface area (Å²) in [6, 6.07) is 17.7. The molecule has 0 fully saturated rings. The van der Waals surface area contributed by atoms with Crippen molar-refractivity contribution < 1.29 is 0 Å². The highest BCUT2D eigenvalue weighted by molar-refractivity contribution is 6.35. The maximum Gasteiger partial charge on any atom is 0.260 e. The van der Waals surface area contributed by atoms with E-state index in [-0.39, 0.29) is 5.56 Å². The van der Waals surface area contributed by atoms with Crippen LogP contribution in [0.1, 0.15) is 18.2 Å². The van der Waals surface area contributed by atoms with Gasteiger partial charge in [-0.25, -0.2) is 0 Å². The van der Waals surface area contributed by atoms with Crippen LogP contribution in [0.4, 0.5) is 0 Å². The van der Waals surface area contributed by atoms with Crippen molar-refractivity contribution in [1.82, 2.24) is 4.57 Å². The normalized spacial score (nSPS) is 11.0. The molecule has 0 aliphatic heterocycles. The molecule has 3 aromatic rings. The predicted octanol–water partition coefficient (Wildman–Crippen LogP) is 4.27. The van der Waals surface area contributed by atoms with Crippen LogP contribution >= 0.6 is 11.6 Å². The number of pyridine rings is 1. The third-order valence-electron chi connectivity index (χ3n) is 3.72. The Morgan fingerprint density at radius 3 is 2.52 bits per heavy atom. The number of aryl methyl sites for hydroxylation is 1. The van der Waals surface area contributed by atoms with Crippen LogP contribution in [0, 0.1) is 0 Å². The van der Waals surface area contributed by atoms with Crippen molar-refractivity contribution in [3.63, 3.8) is 0 Å². The maximum atomic E-state index is 12.8. The van der Waals surface area contributed by atoms with E-state index in [4.69, 9.17) is 11.6 Å². The average molecular weight is 298 g/mol. The van der Waals surface area contributed by atoms with E-state index in [0.717, 1.165) is 23.1 Å². The molecular weight excluding hydrogens is 282 g/mol. The number of nitrogens with zero attached hydrogens (tertiary/aromatic N) is 1. The van der Waals surface area contributed by atoms with Gasteiger partial charge in [0.25, 0.3) is 5.56 Å². The molecule has 0 saturated carbocycles. The van der Waals surface area contributed by atoms with Crippen LogP contribution in [0.2, 0.25) is 5.02 Å². The number of aromatic nitrogens is 1. The zero-order chi connectivity index (χ0) is 14.8. The van der Waals surface area contributed by atoms with Crippen LogP contribution in [0.15, 0.2) is 59.4 Å². The highest BCUT2D eigenvalue weighted by Crippen LogP contribution is 2.21. The Bertz CT molecular complexity index is 837. The minimum absolute atomic E-state index is 0.0150. The maximum absolute atomic E-state index is 12.8. The first kappa shape index (κ1) is 13.9. The number of rotatable bonds is 3. The molecule has 3 heteroatoms. The molecule has 0 spiro atoms. The molecule has 106 valence electrons. The lowest BCUT2D eigenvalue weighted by Gasteiger charge is -2.14. The summed E-state index contributed by atoms with van der Waals surface area (Å²) in [6.45, 7) is 2.64. The monoisotopic (exact) mass is 297 g/mol. The fraction of sp³-hybridized carbons (Fsp3) is 0.167. The molecule has 21 heavy (non-hydrogen) atoms. The van der Waals surface area contributed by atoms with Gasteiger partial charge in [-0.1, -0.05) is 61.0 Å². The summed E-state index contributed by atoms with van der Waals surface area (Å²) in [7, 11) is 0. The zero-order valence-electron chi connectivity index (χ0n) is 11.8. The van der Waals surface area contributed by atoms with Crippen molar-refractivity contribution in [3.8, 4) is 0 Å². The first-order valence-electron chi connectivity index (χ1n) is 7.05. The summed E-state index contributed by atoms with van der Waals surface area (Å²) in [6.07, 6.45) is 0.810. The fourth-order valence-corrected chi connectivity index (χ4v) is 2.90. The second-order valence-electron chi connectivity index (χ2n) is 5.07. The second-order valence-corrected chi connectivity index (χ2v) is 5.48. The Hall–Kier alpha value is -2.06. The summed E-state index contributed by atoms with van der Waals surface area (Å²) in [4.78, 5) is 12.8. The van der Waals surface area contributed by atoms with Gasteiger partial charge in [0.1, 0.15) is 0 Å². The van der Waals surface area contributed by atoms with Gasteiger partial charge in [-0.15, -0.1) is 0 Å². The molecule has 0 radical (unpaired) electrons. The highest BCUT2D eigenvalue weighted by Gasteiger charge is 2.11.